The SMILES string of the molecule is Cc1c(O)c([N+](=O)[O-])cc2c1OCOC2. The number of phenols is 1. The van der Waals surface area contributed by atoms with E-state index < -0.39 is 4.92 Å². The minimum absolute atomic E-state index is 0.102. The van der Waals surface area contributed by atoms with Crippen molar-refractivity contribution >= 4 is 5.69 Å². The summed E-state index contributed by atoms with van der Waals surface area (Å²) in [5, 5.41) is 20.2. The molecule has 0 atom stereocenters. The number of fused-ring (bicyclic) bond motifs is 1. The van der Waals surface area contributed by atoms with Gasteiger partial charge >= 0.3 is 5.69 Å². The Morgan fingerprint density at radius 3 is 3.00 bits per heavy atom. The van der Waals surface area contributed by atoms with Crippen molar-refractivity contribution in [2.45, 2.75) is 13.5 Å². The third kappa shape index (κ3) is 1.48. The summed E-state index contributed by atoms with van der Waals surface area (Å²) < 4.78 is 10.2. The number of rotatable bonds is 1. The molecule has 0 saturated carbocycles. The summed E-state index contributed by atoms with van der Waals surface area (Å²) in [6.45, 7) is 1.94. The average molecular weight is 211 g/mol. The van der Waals surface area contributed by atoms with Crippen LogP contribution in [0.1, 0.15) is 11.1 Å². The van der Waals surface area contributed by atoms with Crippen LogP contribution in [0.3, 0.4) is 0 Å². The van der Waals surface area contributed by atoms with E-state index in [0.717, 1.165) is 0 Å². The molecule has 0 bridgehead atoms. The molecule has 0 aliphatic carbocycles. The van der Waals surface area contributed by atoms with E-state index in [-0.39, 0.29) is 24.8 Å². The Balaban J connectivity index is 2.63. The van der Waals surface area contributed by atoms with Crippen molar-refractivity contribution in [3.63, 3.8) is 0 Å². The number of ether oxygens (including phenoxy) is 2. The molecule has 1 N–H and O–H groups in total. The summed E-state index contributed by atoms with van der Waals surface area (Å²) >= 11 is 0. The molecule has 6 heteroatoms. The summed E-state index contributed by atoms with van der Waals surface area (Å²) in [6, 6.07) is 1.27. The molecule has 0 radical (unpaired) electrons. The number of benzene rings is 1. The average Bonchev–Trinajstić information content (AvgIpc) is 2.23. The van der Waals surface area contributed by atoms with E-state index in [2.05, 4.69) is 0 Å². The number of nitro groups is 1. The van der Waals surface area contributed by atoms with E-state index in [1.165, 1.54) is 6.07 Å². The highest BCUT2D eigenvalue weighted by atomic mass is 16.7. The maximum absolute atomic E-state index is 10.6. The maximum atomic E-state index is 10.6. The molecular formula is C9H9NO5. The first kappa shape index (κ1) is 9.72. The van der Waals surface area contributed by atoms with Crippen molar-refractivity contribution < 1.29 is 19.5 Å². The summed E-state index contributed by atoms with van der Waals surface area (Å²) in [4.78, 5) is 10.00. The number of aromatic hydroxyl groups is 1. The first-order valence-corrected chi connectivity index (χ1v) is 4.31. The van der Waals surface area contributed by atoms with Gasteiger partial charge in [0.1, 0.15) is 5.75 Å². The van der Waals surface area contributed by atoms with Gasteiger partial charge in [-0.2, -0.15) is 0 Å². The molecule has 1 aromatic rings. The third-order valence-electron chi connectivity index (χ3n) is 2.28. The van der Waals surface area contributed by atoms with Crippen molar-refractivity contribution in [1.29, 1.82) is 0 Å². The van der Waals surface area contributed by atoms with Gasteiger partial charge in [-0.1, -0.05) is 0 Å². The van der Waals surface area contributed by atoms with Gasteiger partial charge in [-0.05, 0) is 6.92 Å². The van der Waals surface area contributed by atoms with E-state index in [9.17, 15) is 15.2 Å². The lowest BCUT2D eigenvalue weighted by molar-refractivity contribution is -0.386. The molecule has 0 unspecified atom stereocenters. The van der Waals surface area contributed by atoms with E-state index >= 15 is 0 Å². The quantitative estimate of drug-likeness (QED) is 0.561. The Labute approximate surface area is 85.2 Å². The fraction of sp³-hybridized carbons (Fsp3) is 0.333. The largest absolute Gasteiger partial charge is 0.502 e. The molecule has 0 fully saturated rings. The molecule has 1 aliphatic rings. The first-order chi connectivity index (χ1) is 7.11. The molecule has 0 aromatic heterocycles. The maximum Gasteiger partial charge on any atom is 0.311 e. The highest BCUT2D eigenvalue weighted by molar-refractivity contribution is 5.60. The van der Waals surface area contributed by atoms with Crippen LogP contribution in [0.4, 0.5) is 5.69 Å². The summed E-state index contributed by atoms with van der Waals surface area (Å²) in [5.41, 5.74) is 0.645. The van der Waals surface area contributed by atoms with Gasteiger partial charge < -0.3 is 14.6 Å². The molecule has 0 spiro atoms. The number of hydrogen-bond donors (Lipinski definition) is 1. The second-order valence-corrected chi connectivity index (χ2v) is 3.23. The van der Waals surface area contributed by atoms with Crippen LogP contribution in [-0.2, 0) is 11.3 Å². The van der Waals surface area contributed by atoms with Crippen LogP contribution >= 0.6 is 0 Å². The first-order valence-electron chi connectivity index (χ1n) is 4.31. The van der Waals surface area contributed by atoms with Crippen molar-refractivity contribution in [3.8, 4) is 11.5 Å². The summed E-state index contributed by atoms with van der Waals surface area (Å²) in [7, 11) is 0. The van der Waals surface area contributed by atoms with Gasteiger partial charge in [-0.3, -0.25) is 10.1 Å². The van der Waals surface area contributed by atoms with Gasteiger partial charge in [-0.25, -0.2) is 0 Å². The fourth-order valence-electron chi connectivity index (χ4n) is 1.54. The molecular weight excluding hydrogens is 202 g/mol. The Morgan fingerprint density at radius 1 is 1.60 bits per heavy atom. The Hall–Kier alpha value is -1.82. The molecule has 6 nitrogen and oxygen atoms in total. The predicted molar refractivity (Wildman–Crippen MR) is 49.8 cm³/mol. The molecule has 1 heterocycles. The summed E-state index contributed by atoms with van der Waals surface area (Å²) in [6.07, 6.45) is 0. The zero-order valence-electron chi connectivity index (χ0n) is 8.02. The highest BCUT2D eigenvalue weighted by Gasteiger charge is 2.24. The Morgan fingerprint density at radius 2 is 2.33 bits per heavy atom. The van der Waals surface area contributed by atoms with Crippen molar-refractivity contribution in [1.82, 2.24) is 0 Å². The van der Waals surface area contributed by atoms with Crippen LogP contribution in [0.25, 0.3) is 0 Å². The summed E-state index contributed by atoms with van der Waals surface area (Å²) in [5.74, 6) is 0.130. The van der Waals surface area contributed by atoms with Gasteiger partial charge in [0.2, 0.25) is 5.75 Å². The monoisotopic (exact) mass is 211 g/mol. The zero-order valence-corrected chi connectivity index (χ0v) is 8.02. The van der Waals surface area contributed by atoms with Crippen LogP contribution < -0.4 is 4.74 Å². The molecule has 1 aromatic carbocycles. The molecule has 15 heavy (non-hydrogen) atoms. The lowest BCUT2D eigenvalue weighted by Crippen LogP contribution is -2.13. The topological polar surface area (TPSA) is 81.8 Å². The van der Waals surface area contributed by atoms with Gasteiger partial charge in [0.05, 0.1) is 11.5 Å². The Bertz CT molecular complexity index is 429. The molecule has 0 amide bonds. The second kappa shape index (κ2) is 3.39. The van der Waals surface area contributed by atoms with Crippen LogP contribution in [0, 0.1) is 17.0 Å². The molecule has 80 valence electrons. The van der Waals surface area contributed by atoms with Gasteiger partial charge in [0, 0.05) is 17.2 Å². The number of nitro benzene ring substituents is 1. The van der Waals surface area contributed by atoms with Crippen molar-refractivity contribution in [2.24, 2.45) is 0 Å². The zero-order chi connectivity index (χ0) is 11.0. The number of phenolic OH excluding ortho intramolecular Hbond substituents is 1. The van der Waals surface area contributed by atoms with Crippen LogP contribution in [-0.4, -0.2) is 16.8 Å². The van der Waals surface area contributed by atoms with E-state index in [1.54, 1.807) is 6.92 Å². The smallest absolute Gasteiger partial charge is 0.311 e. The van der Waals surface area contributed by atoms with E-state index in [0.29, 0.717) is 16.9 Å². The highest BCUT2D eigenvalue weighted by Crippen LogP contribution is 2.40. The van der Waals surface area contributed by atoms with Crippen LogP contribution in [0.5, 0.6) is 11.5 Å². The lowest BCUT2D eigenvalue weighted by atomic mass is 10.1. The number of nitrogens with zero attached hydrogens (tertiary/aromatic N) is 1. The Kier molecular flexibility index (Phi) is 2.20. The van der Waals surface area contributed by atoms with Crippen molar-refractivity contribution in [3.05, 3.63) is 27.3 Å². The van der Waals surface area contributed by atoms with Gasteiger partial charge in [-0.15, -0.1) is 0 Å². The number of hydrogen-bond acceptors (Lipinski definition) is 5. The van der Waals surface area contributed by atoms with Crippen LogP contribution in [0.15, 0.2) is 6.07 Å². The minimum atomic E-state index is -0.628. The fourth-order valence-corrected chi connectivity index (χ4v) is 1.54. The lowest BCUT2D eigenvalue weighted by Gasteiger charge is -2.19. The van der Waals surface area contributed by atoms with Crippen molar-refractivity contribution in [2.75, 3.05) is 6.79 Å². The normalized spacial score (nSPS) is 14.2. The van der Waals surface area contributed by atoms with Gasteiger partial charge in [0.15, 0.2) is 6.79 Å². The van der Waals surface area contributed by atoms with Crippen LogP contribution in [0.2, 0.25) is 0 Å². The third-order valence-corrected chi connectivity index (χ3v) is 2.28. The molecule has 2 rings (SSSR count). The van der Waals surface area contributed by atoms with E-state index in [1.807, 2.05) is 0 Å². The molecule has 0 saturated heterocycles. The molecule has 1 aliphatic heterocycles. The predicted octanol–water partition coefficient (Wildman–Crippen LogP) is 1.48. The minimum Gasteiger partial charge on any atom is -0.502 e. The van der Waals surface area contributed by atoms with E-state index in [4.69, 9.17) is 9.47 Å². The second-order valence-electron chi connectivity index (χ2n) is 3.23. The standard InChI is InChI=1S/C9H9NO5/c1-5-8(11)7(10(12)13)2-6-3-14-4-15-9(5)6/h2,11H,3-4H2,1H3. The van der Waals surface area contributed by atoms with Gasteiger partial charge in [0.25, 0.3) is 0 Å².